The maximum absolute atomic E-state index is 10.7. The number of hydrogen-bond acceptors (Lipinski definition) is 5. The van der Waals surface area contributed by atoms with Gasteiger partial charge in [0.15, 0.2) is 0 Å². The Morgan fingerprint density at radius 2 is 2.32 bits per heavy atom. The molecule has 1 atom stereocenters. The molecule has 8 heteroatoms. The van der Waals surface area contributed by atoms with Gasteiger partial charge in [-0.1, -0.05) is 5.21 Å². The molecule has 0 aliphatic carbocycles. The lowest BCUT2D eigenvalue weighted by atomic mass is 10.2. The van der Waals surface area contributed by atoms with Gasteiger partial charge < -0.3 is 10.8 Å². The summed E-state index contributed by atoms with van der Waals surface area (Å²) in [5.41, 5.74) is 7.94. The van der Waals surface area contributed by atoms with Crippen LogP contribution in [0.4, 0.5) is 0 Å². The van der Waals surface area contributed by atoms with Crippen molar-refractivity contribution >= 4 is 5.97 Å². The number of aryl methyl sites for hydroxylation is 2. The molecule has 3 N–H and O–H groups in total. The standard InChI is InChI=1S/C11H16N6O2/c1-7-3-9(16(2)14-7)6-17-5-8(13-15-17)4-10(12)11(18)19/h3,5,10H,4,6,12H2,1-2H3,(H,18,19). The van der Waals surface area contributed by atoms with Gasteiger partial charge >= 0.3 is 5.97 Å². The fourth-order valence-corrected chi connectivity index (χ4v) is 1.80. The number of nitrogens with two attached hydrogens (primary N) is 1. The SMILES string of the molecule is Cc1cc(Cn2cc(CC(N)C(=O)O)nn2)n(C)n1. The second-order valence-corrected chi connectivity index (χ2v) is 4.46. The summed E-state index contributed by atoms with van der Waals surface area (Å²) in [4.78, 5) is 10.7. The molecule has 2 rings (SSSR count). The highest BCUT2D eigenvalue weighted by Gasteiger charge is 2.14. The van der Waals surface area contributed by atoms with Crippen LogP contribution in [0.2, 0.25) is 0 Å². The van der Waals surface area contributed by atoms with Crippen LogP contribution < -0.4 is 5.73 Å². The zero-order valence-corrected chi connectivity index (χ0v) is 10.8. The fourth-order valence-electron chi connectivity index (χ4n) is 1.80. The van der Waals surface area contributed by atoms with Crippen molar-refractivity contribution in [1.82, 2.24) is 24.8 Å². The number of carboxylic acid groups (broad SMARTS) is 1. The maximum Gasteiger partial charge on any atom is 0.320 e. The highest BCUT2D eigenvalue weighted by Crippen LogP contribution is 2.05. The second kappa shape index (κ2) is 5.19. The van der Waals surface area contributed by atoms with E-state index >= 15 is 0 Å². The molecule has 0 aliphatic rings. The normalized spacial score (nSPS) is 12.6. The highest BCUT2D eigenvalue weighted by atomic mass is 16.4. The van der Waals surface area contributed by atoms with E-state index in [1.807, 2.05) is 20.0 Å². The molecular formula is C11H16N6O2. The minimum Gasteiger partial charge on any atom is -0.480 e. The third-order valence-electron chi connectivity index (χ3n) is 2.76. The molecular weight excluding hydrogens is 248 g/mol. The first kappa shape index (κ1) is 13.2. The van der Waals surface area contributed by atoms with E-state index in [1.165, 1.54) is 0 Å². The smallest absolute Gasteiger partial charge is 0.320 e. The number of rotatable bonds is 5. The van der Waals surface area contributed by atoms with Crippen LogP contribution in [0.5, 0.6) is 0 Å². The Balaban J connectivity index is 2.05. The van der Waals surface area contributed by atoms with Gasteiger partial charge in [0.05, 0.1) is 23.6 Å². The van der Waals surface area contributed by atoms with Crippen molar-refractivity contribution in [3.05, 3.63) is 29.3 Å². The number of carbonyl (C=O) groups is 1. The second-order valence-electron chi connectivity index (χ2n) is 4.46. The molecule has 0 aliphatic heterocycles. The predicted octanol–water partition coefficient (Wildman–Crippen LogP) is -0.677. The van der Waals surface area contributed by atoms with Crippen molar-refractivity contribution in [3.8, 4) is 0 Å². The van der Waals surface area contributed by atoms with Crippen molar-refractivity contribution in [3.63, 3.8) is 0 Å². The molecule has 0 fully saturated rings. The van der Waals surface area contributed by atoms with Crippen LogP contribution in [0.1, 0.15) is 17.1 Å². The summed E-state index contributed by atoms with van der Waals surface area (Å²) in [6.07, 6.45) is 1.87. The van der Waals surface area contributed by atoms with Gasteiger partial charge in [0.2, 0.25) is 0 Å². The first-order chi connectivity index (χ1) is 8.95. The third-order valence-corrected chi connectivity index (χ3v) is 2.76. The Kier molecular flexibility index (Phi) is 3.61. The zero-order valence-electron chi connectivity index (χ0n) is 10.8. The lowest BCUT2D eigenvalue weighted by Crippen LogP contribution is -2.32. The van der Waals surface area contributed by atoms with Crippen molar-refractivity contribution in [2.45, 2.75) is 25.9 Å². The lowest BCUT2D eigenvalue weighted by Gasteiger charge is -2.02. The first-order valence-corrected chi connectivity index (χ1v) is 5.82. The molecule has 0 amide bonds. The van der Waals surface area contributed by atoms with Gasteiger partial charge in [-0.05, 0) is 13.0 Å². The molecule has 0 aromatic carbocycles. The van der Waals surface area contributed by atoms with Crippen LogP contribution >= 0.6 is 0 Å². The van der Waals surface area contributed by atoms with Crippen molar-refractivity contribution in [2.75, 3.05) is 0 Å². The molecule has 0 saturated carbocycles. The molecule has 2 heterocycles. The molecule has 102 valence electrons. The maximum atomic E-state index is 10.7. The Bertz CT molecular complexity index is 588. The molecule has 2 aromatic heterocycles. The molecule has 0 bridgehead atoms. The van der Waals surface area contributed by atoms with E-state index in [1.54, 1.807) is 15.6 Å². The molecule has 0 spiro atoms. The van der Waals surface area contributed by atoms with E-state index in [4.69, 9.17) is 10.8 Å². The number of carboxylic acids is 1. The predicted molar refractivity (Wildman–Crippen MR) is 66.4 cm³/mol. The summed E-state index contributed by atoms with van der Waals surface area (Å²) in [6, 6.07) is 1.01. The summed E-state index contributed by atoms with van der Waals surface area (Å²) in [5.74, 6) is -1.04. The van der Waals surface area contributed by atoms with Crippen molar-refractivity contribution < 1.29 is 9.90 Å². The number of aromatic nitrogens is 5. The number of aliphatic carboxylic acids is 1. The summed E-state index contributed by atoms with van der Waals surface area (Å²) in [7, 11) is 1.86. The topological polar surface area (TPSA) is 112 Å². The van der Waals surface area contributed by atoms with Gasteiger partial charge in [-0.2, -0.15) is 5.10 Å². The Labute approximate surface area is 109 Å². The average Bonchev–Trinajstić information content (AvgIpc) is 2.87. The van der Waals surface area contributed by atoms with Crippen LogP contribution in [0.15, 0.2) is 12.3 Å². The van der Waals surface area contributed by atoms with E-state index < -0.39 is 12.0 Å². The third kappa shape index (κ3) is 3.16. The summed E-state index contributed by atoms with van der Waals surface area (Å²) in [6.45, 7) is 2.45. The van der Waals surface area contributed by atoms with Crippen LogP contribution in [-0.4, -0.2) is 41.9 Å². The monoisotopic (exact) mass is 264 g/mol. The zero-order chi connectivity index (χ0) is 14.0. The van der Waals surface area contributed by atoms with E-state index in [0.717, 1.165) is 11.4 Å². The van der Waals surface area contributed by atoms with E-state index in [2.05, 4.69) is 15.4 Å². The van der Waals surface area contributed by atoms with Crippen LogP contribution in [0, 0.1) is 6.92 Å². The van der Waals surface area contributed by atoms with Gasteiger partial charge in [-0.3, -0.25) is 9.48 Å². The van der Waals surface area contributed by atoms with Gasteiger partial charge in [0, 0.05) is 19.7 Å². The quantitative estimate of drug-likeness (QED) is 0.740. The Morgan fingerprint density at radius 3 is 2.89 bits per heavy atom. The van der Waals surface area contributed by atoms with Gasteiger partial charge in [0.25, 0.3) is 0 Å². The molecule has 0 saturated heterocycles. The first-order valence-electron chi connectivity index (χ1n) is 5.82. The van der Waals surface area contributed by atoms with E-state index in [0.29, 0.717) is 12.2 Å². The van der Waals surface area contributed by atoms with Crippen molar-refractivity contribution in [2.24, 2.45) is 12.8 Å². The lowest BCUT2D eigenvalue weighted by molar-refractivity contribution is -0.138. The molecule has 0 radical (unpaired) electrons. The van der Waals surface area contributed by atoms with Crippen LogP contribution in [0.25, 0.3) is 0 Å². The molecule has 1 unspecified atom stereocenters. The largest absolute Gasteiger partial charge is 0.480 e. The van der Waals surface area contributed by atoms with E-state index in [-0.39, 0.29) is 6.42 Å². The highest BCUT2D eigenvalue weighted by molar-refractivity contribution is 5.73. The molecule has 19 heavy (non-hydrogen) atoms. The van der Waals surface area contributed by atoms with Crippen LogP contribution in [-0.2, 0) is 24.8 Å². The molecule has 2 aromatic rings. The number of hydrogen-bond donors (Lipinski definition) is 2. The molecule has 8 nitrogen and oxygen atoms in total. The summed E-state index contributed by atoms with van der Waals surface area (Å²) >= 11 is 0. The minimum atomic E-state index is -1.04. The fraction of sp³-hybridized carbons (Fsp3) is 0.455. The number of nitrogens with zero attached hydrogens (tertiary/aromatic N) is 5. The van der Waals surface area contributed by atoms with Crippen molar-refractivity contribution in [1.29, 1.82) is 0 Å². The Hall–Kier alpha value is -2.22. The average molecular weight is 264 g/mol. The minimum absolute atomic E-state index is 0.166. The van der Waals surface area contributed by atoms with Crippen LogP contribution in [0.3, 0.4) is 0 Å². The van der Waals surface area contributed by atoms with Gasteiger partial charge in [-0.25, -0.2) is 4.68 Å². The van der Waals surface area contributed by atoms with E-state index in [9.17, 15) is 4.79 Å². The van der Waals surface area contributed by atoms with Gasteiger partial charge in [0.1, 0.15) is 6.04 Å². The van der Waals surface area contributed by atoms with Gasteiger partial charge in [-0.15, -0.1) is 5.10 Å². The summed E-state index contributed by atoms with van der Waals surface area (Å²) < 4.78 is 3.42. The Morgan fingerprint density at radius 1 is 1.58 bits per heavy atom. The summed E-state index contributed by atoms with van der Waals surface area (Å²) in [5, 5.41) is 20.8.